The van der Waals surface area contributed by atoms with Gasteiger partial charge >= 0.3 is 0 Å². The molecule has 0 radical (unpaired) electrons. The zero-order valence-corrected chi connectivity index (χ0v) is 14.1. The normalized spacial score (nSPS) is 15.6. The van der Waals surface area contributed by atoms with E-state index in [0.29, 0.717) is 23.4 Å². The summed E-state index contributed by atoms with van der Waals surface area (Å²) in [6.07, 6.45) is 2.35. The highest BCUT2D eigenvalue weighted by molar-refractivity contribution is 7.99. The molecule has 3 aromatic rings. The van der Waals surface area contributed by atoms with Crippen molar-refractivity contribution in [1.29, 1.82) is 0 Å². The van der Waals surface area contributed by atoms with Gasteiger partial charge in [-0.1, -0.05) is 11.8 Å². The Bertz CT molecular complexity index is 856. The van der Waals surface area contributed by atoms with E-state index in [-0.39, 0.29) is 11.1 Å². The second-order valence-electron chi connectivity index (χ2n) is 5.84. The van der Waals surface area contributed by atoms with Crippen molar-refractivity contribution in [3.05, 3.63) is 41.8 Å². The molecule has 0 N–H and O–H groups in total. The standard InChI is InChI=1S/C16H16FN5OS/c1-9(24-16-21-18-10(2)22(16)13-7-8-13)14-19-20-15(23-14)11-3-5-12(17)6-4-11/h3-6,9,13H,7-8H2,1-2H3/t9-/m1/s1. The molecule has 0 amide bonds. The number of nitrogens with zero attached hydrogens (tertiary/aromatic N) is 5. The smallest absolute Gasteiger partial charge is 0.247 e. The molecule has 1 aliphatic carbocycles. The number of hydrogen-bond donors (Lipinski definition) is 0. The fraction of sp³-hybridized carbons (Fsp3) is 0.375. The highest BCUT2D eigenvalue weighted by atomic mass is 32.2. The molecule has 24 heavy (non-hydrogen) atoms. The van der Waals surface area contributed by atoms with E-state index in [0.717, 1.165) is 11.0 Å². The summed E-state index contributed by atoms with van der Waals surface area (Å²) in [5.74, 6) is 1.54. The summed E-state index contributed by atoms with van der Waals surface area (Å²) in [4.78, 5) is 0. The predicted molar refractivity (Wildman–Crippen MR) is 87.0 cm³/mol. The molecule has 124 valence electrons. The van der Waals surface area contributed by atoms with Crippen LogP contribution >= 0.6 is 11.8 Å². The van der Waals surface area contributed by atoms with Crippen LogP contribution in [0.4, 0.5) is 4.39 Å². The third-order valence-corrected chi connectivity index (χ3v) is 4.95. The van der Waals surface area contributed by atoms with Gasteiger partial charge in [0.15, 0.2) is 5.16 Å². The molecular weight excluding hydrogens is 329 g/mol. The van der Waals surface area contributed by atoms with Gasteiger partial charge in [-0.3, -0.25) is 0 Å². The van der Waals surface area contributed by atoms with Gasteiger partial charge in [0.2, 0.25) is 11.8 Å². The van der Waals surface area contributed by atoms with Crippen molar-refractivity contribution in [1.82, 2.24) is 25.0 Å². The number of aromatic nitrogens is 5. The van der Waals surface area contributed by atoms with Gasteiger partial charge in [-0.25, -0.2) is 4.39 Å². The first-order valence-electron chi connectivity index (χ1n) is 7.79. The van der Waals surface area contributed by atoms with Crippen LogP contribution in [-0.2, 0) is 0 Å². The van der Waals surface area contributed by atoms with Crippen LogP contribution in [0.5, 0.6) is 0 Å². The molecule has 1 fully saturated rings. The van der Waals surface area contributed by atoms with Crippen molar-refractivity contribution in [3.8, 4) is 11.5 Å². The lowest BCUT2D eigenvalue weighted by molar-refractivity contribution is 0.508. The molecule has 0 bridgehead atoms. The fourth-order valence-electron chi connectivity index (χ4n) is 2.50. The van der Waals surface area contributed by atoms with E-state index in [9.17, 15) is 4.39 Å². The molecule has 6 nitrogen and oxygen atoms in total. The lowest BCUT2D eigenvalue weighted by atomic mass is 10.2. The van der Waals surface area contributed by atoms with Gasteiger partial charge in [0.05, 0.1) is 5.25 Å². The Kier molecular flexibility index (Phi) is 3.84. The van der Waals surface area contributed by atoms with Crippen molar-refractivity contribution in [3.63, 3.8) is 0 Å². The van der Waals surface area contributed by atoms with Crippen LogP contribution in [0, 0.1) is 12.7 Å². The van der Waals surface area contributed by atoms with Crippen LogP contribution in [0.3, 0.4) is 0 Å². The van der Waals surface area contributed by atoms with Crippen molar-refractivity contribution in [2.75, 3.05) is 0 Å². The van der Waals surface area contributed by atoms with Crippen molar-refractivity contribution in [2.45, 2.75) is 43.1 Å². The Morgan fingerprint density at radius 3 is 2.62 bits per heavy atom. The number of aryl methyl sites for hydroxylation is 1. The Morgan fingerprint density at radius 1 is 1.17 bits per heavy atom. The van der Waals surface area contributed by atoms with Gasteiger partial charge < -0.3 is 8.98 Å². The first-order valence-corrected chi connectivity index (χ1v) is 8.67. The average molecular weight is 345 g/mol. The molecule has 0 spiro atoms. The minimum atomic E-state index is -0.294. The molecule has 1 aromatic carbocycles. The number of hydrogen-bond acceptors (Lipinski definition) is 6. The summed E-state index contributed by atoms with van der Waals surface area (Å²) >= 11 is 1.56. The monoisotopic (exact) mass is 345 g/mol. The second-order valence-corrected chi connectivity index (χ2v) is 7.15. The maximum absolute atomic E-state index is 13.0. The van der Waals surface area contributed by atoms with Crippen molar-refractivity contribution in [2.24, 2.45) is 0 Å². The quantitative estimate of drug-likeness (QED) is 0.652. The van der Waals surface area contributed by atoms with Crippen LogP contribution < -0.4 is 0 Å². The maximum Gasteiger partial charge on any atom is 0.247 e. The third kappa shape index (κ3) is 2.93. The van der Waals surface area contributed by atoms with Gasteiger partial charge in [0.25, 0.3) is 0 Å². The molecule has 0 aliphatic heterocycles. The predicted octanol–water partition coefficient (Wildman–Crippen LogP) is 3.96. The third-order valence-electron chi connectivity index (χ3n) is 3.91. The second kappa shape index (κ2) is 6.01. The van der Waals surface area contributed by atoms with Gasteiger partial charge in [0.1, 0.15) is 11.6 Å². The Morgan fingerprint density at radius 2 is 1.92 bits per heavy atom. The first kappa shape index (κ1) is 15.3. The zero-order chi connectivity index (χ0) is 16.7. The van der Waals surface area contributed by atoms with E-state index in [1.54, 1.807) is 23.9 Å². The van der Waals surface area contributed by atoms with E-state index < -0.39 is 0 Å². The number of halogens is 1. The lowest BCUT2D eigenvalue weighted by Crippen LogP contribution is -2.00. The van der Waals surface area contributed by atoms with Crippen LogP contribution in [-0.4, -0.2) is 25.0 Å². The largest absolute Gasteiger partial charge is 0.419 e. The number of thioether (sulfide) groups is 1. The number of benzene rings is 1. The van der Waals surface area contributed by atoms with Crippen LogP contribution in [0.1, 0.15) is 42.8 Å². The minimum Gasteiger partial charge on any atom is -0.419 e. The van der Waals surface area contributed by atoms with E-state index >= 15 is 0 Å². The van der Waals surface area contributed by atoms with Crippen LogP contribution in [0.15, 0.2) is 33.8 Å². The van der Waals surface area contributed by atoms with E-state index in [1.165, 1.54) is 25.0 Å². The summed E-state index contributed by atoms with van der Waals surface area (Å²) in [5.41, 5.74) is 0.698. The molecule has 2 aromatic heterocycles. The molecule has 4 rings (SSSR count). The van der Waals surface area contributed by atoms with Crippen molar-refractivity contribution >= 4 is 11.8 Å². The molecule has 1 aliphatic rings. The molecule has 1 saturated carbocycles. The summed E-state index contributed by atoms with van der Waals surface area (Å²) in [7, 11) is 0. The van der Waals surface area contributed by atoms with Gasteiger partial charge in [0, 0.05) is 11.6 Å². The Balaban J connectivity index is 1.53. The summed E-state index contributed by atoms with van der Waals surface area (Å²) in [5, 5.41) is 17.4. The van der Waals surface area contributed by atoms with Crippen molar-refractivity contribution < 1.29 is 8.81 Å². The lowest BCUT2D eigenvalue weighted by Gasteiger charge is -2.08. The van der Waals surface area contributed by atoms with Gasteiger partial charge in [-0.05, 0) is 51.0 Å². The molecule has 0 unspecified atom stereocenters. The average Bonchev–Trinajstić information content (AvgIpc) is 3.15. The van der Waals surface area contributed by atoms with Gasteiger partial charge in [-0.15, -0.1) is 20.4 Å². The summed E-state index contributed by atoms with van der Waals surface area (Å²) in [6.45, 7) is 3.97. The topological polar surface area (TPSA) is 69.6 Å². The van der Waals surface area contributed by atoms with Crippen LogP contribution in [0.25, 0.3) is 11.5 Å². The first-order chi connectivity index (χ1) is 11.6. The van der Waals surface area contributed by atoms with E-state index in [4.69, 9.17) is 4.42 Å². The Labute approximate surface area is 142 Å². The fourth-order valence-corrected chi connectivity index (χ4v) is 3.49. The number of rotatable bonds is 5. The highest BCUT2D eigenvalue weighted by Gasteiger charge is 2.29. The molecule has 0 saturated heterocycles. The minimum absolute atomic E-state index is 0.0483. The Hall–Kier alpha value is -2.22. The molecule has 2 heterocycles. The van der Waals surface area contributed by atoms with Crippen LogP contribution in [0.2, 0.25) is 0 Å². The summed E-state index contributed by atoms with van der Waals surface area (Å²) in [6, 6.07) is 6.51. The SMILES string of the molecule is Cc1nnc(S[C@H](C)c2nnc(-c3ccc(F)cc3)o2)n1C1CC1. The van der Waals surface area contributed by atoms with Gasteiger partial charge in [-0.2, -0.15) is 0 Å². The highest BCUT2D eigenvalue weighted by Crippen LogP contribution is 2.41. The molecule has 8 heteroatoms. The van der Waals surface area contributed by atoms with E-state index in [2.05, 4.69) is 25.0 Å². The molecular formula is C16H16FN5OS. The summed E-state index contributed by atoms with van der Waals surface area (Å²) < 4.78 is 20.9. The molecule has 1 atom stereocenters. The maximum atomic E-state index is 13.0. The zero-order valence-electron chi connectivity index (χ0n) is 13.3. The van der Waals surface area contributed by atoms with E-state index in [1.807, 2.05) is 13.8 Å².